The molecule has 0 spiro atoms. The average Bonchev–Trinajstić information content (AvgIpc) is 3.27. The Morgan fingerprint density at radius 1 is 1.38 bits per heavy atom. The summed E-state index contributed by atoms with van der Waals surface area (Å²) in [4.78, 5) is 32.2. The molecule has 7 nitrogen and oxygen atoms in total. The molecule has 2 rings (SSSR count). The molecule has 21 heavy (non-hydrogen) atoms. The van der Waals surface area contributed by atoms with Crippen molar-refractivity contribution in [2.45, 2.75) is 38.6 Å². The summed E-state index contributed by atoms with van der Waals surface area (Å²) >= 11 is 0. The van der Waals surface area contributed by atoms with Crippen molar-refractivity contribution in [1.29, 1.82) is 0 Å². The molecule has 0 bridgehead atoms. The van der Waals surface area contributed by atoms with E-state index in [2.05, 4.69) is 25.9 Å². The molecule has 0 aliphatic heterocycles. The van der Waals surface area contributed by atoms with Gasteiger partial charge in [0.25, 0.3) is 5.91 Å². The van der Waals surface area contributed by atoms with Crippen LogP contribution < -0.4 is 16.0 Å². The van der Waals surface area contributed by atoms with Gasteiger partial charge in [0, 0.05) is 19.0 Å². The number of hydrogen-bond acceptors (Lipinski definition) is 5. The Labute approximate surface area is 123 Å². The highest BCUT2D eigenvalue weighted by atomic mass is 16.2. The molecule has 3 N–H and O–H groups in total. The molecule has 0 unspecified atom stereocenters. The number of rotatable bonds is 6. The first kappa shape index (κ1) is 15.2. The highest BCUT2D eigenvalue weighted by Crippen LogP contribution is 2.18. The van der Waals surface area contributed by atoms with Crippen molar-refractivity contribution in [1.82, 2.24) is 20.6 Å². The summed E-state index contributed by atoms with van der Waals surface area (Å²) in [5.74, 6) is 0.173. The molecule has 114 valence electrons. The Hall–Kier alpha value is -2.18. The van der Waals surface area contributed by atoms with Crippen molar-refractivity contribution in [3.63, 3.8) is 0 Å². The molecule has 1 heterocycles. The third kappa shape index (κ3) is 4.14. The normalized spacial score (nSPS) is 13.9. The van der Waals surface area contributed by atoms with Crippen molar-refractivity contribution < 1.29 is 9.59 Å². The van der Waals surface area contributed by atoms with E-state index in [1.807, 2.05) is 13.8 Å². The molecule has 1 aliphatic carbocycles. The van der Waals surface area contributed by atoms with E-state index in [9.17, 15) is 9.59 Å². The summed E-state index contributed by atoms with van der Waals surface area (Å²) in [7, 11) is 1.70. The van der Waals surface area contributed by atoms with Crippen LogP contribution in [0.3, 0.4) is 0 Å². The van der Waals surface area contributed by atoms with E-state index in [-0.39, 0.29) is 36.0 Å². The standard InChI is InChI=1S/C14H21N5O2/c1-8(2)13-16-6-10(15-3)12(19-13)14(21)17-7-11(20)18-9-4-5-9/h6,8-9,15H,4-5,7H2,1-3H3,(H,17,21)(H,18,20). The van der Waals surface area contributed by atoms with Gasteiger partial charge in [0.2, 0.25) is 5.91 Å². The summed E-state index contributed by atoms with van der Waals surface area (Å²) in [6.45, 7) is 3.87. The molecule has 1 aliphatic rings. The van der Waals surface area contributed by atoms with Crippen molar-refractivity contribution in [3.8, 4) is 0 Å². The van der Waals surface area contributed by atoms with Gasteiger partial charge in [0.1, 0.15) is 5.82 Å². The number of carbonyl (C=O) groups is 2. The van der Waals surface area contributed by atoms with Crippen LogP contribution in [-0.2, 0) is 4.79 Å². The van der Waals surface area contributed by atoms with Crippen LogP contribution in [0.2, 0.25) is 0 Å². The molecular weight excluding hydrogens is 270 g/mol. The van der Waals surface area contributed by atoms with Gasteiger partial charge in [-0.15, -0.1) is 0 Å². The fraction of sp³-hybridized carbons (Fsp3) is 0.571. The van der Waals surface area contributed by atoms with Crippen LogP contribution in [0.1, 0.15) is 48.9 Å². The molecule has 0 saturated heterocycles. The summed E-state index contributed by atoms with van der Waals surface area (Å²) < 4.78 is 0. The molecule has 0 atom stereocenters. The third-order valence-corrected chi connectivity index (χ3v) is 3.16. The first-order valence-corrected chi connectivity index (χ1v) is 7.13. The van der Waals surface area contributed by atoms with Crippen LogP contribution in [0.25, 0.3) is 0 Å². The minimum absolute atomic E-state index is 0.0422. The smallest absolute Gasteiger partial charge is 0.272 e. The van der Waals surface area contributed by atoms with Crippen LogP contribution in [-0.4, -0.2) is 41.4 Å². The Kier molecular flexibility index (Phi) is 4.72. The summed E-state index contributed by atoms with van der Waals surface area (Å²) in [6, 6.07) is 0.286. The van der Waals surface area contributed by atoms with Gasteiger partial charge < -0.3 is 16.0 Å². The van der Waals surface area contributed by atoms with E-state index < -0.39 is 0 Å². The largest absolute Gasteiger partial charge is 0.385 e. The number of aromatic nitrogens is 2. The maximum Gasteiger partial charge on any atom is 0.272 e. The molecule has 2 amide bonds. The molecular formula is C14H21N5O2. The molecule has 7 heteroatoms. The van der Waals surface area contributed by atoms with Crippen molar-refractivity contribution in [2.75, 3.05) is 18.9 Å². The van der Waals surface area contributed by atoms with Gasteiger partial charge in [-0.05, 0) is 12.8 Å². The molecule has 1 aromatic rings. The zero-order valence-electron chi connectivity index (χ0n) is 12.6. The molecule has 0 aromatic carbocycles. The second kappa shape index (κ2) is 6.51. The fourth-order valence-electron chi connectivity index (χ4n) is 1.78. The van der Waals surface area contributed by atoms with Crippen molar-refractivity contribution in [3.05, 3.63) is 17.7 Å². The molecule has 1 fully saturated rings. The predicted octanol–water partition coefficient (Wildman–Crippen LogP) is 0.650. The third-order valence-electron chi connectivity index (χ3n) is 3.16. The van der Waals surface area contributed by atoms with Gasteiger partial charge in [-0.25, -0.2) is 9.97 Å². The van der Waals surface area contributed by atoms with Crippen LogP contribution in [0.15, 0.2) is 6.20 Å². The van der Waals surface area contributed by atoms with Gasteiger partial charge in [0.15, 0.2) is 5.69 Å². The van der Waals surface area contributed by atoms with E-state index in [0.717, 1.165) is 12.8 Å². The lowest BCUT2D eigenvalue weighted by atomic mass is 10.2. The van der Waals surface area contributed by atoms with Gasteiger partial charge in [0.05, 0.1) is 18.4 Å². The quantitative estimate of drug-likeness (QED) is 0.715. The number of anilines is 1. The lowest BCUT2D eigenvalue weighted by Gasteiger charge is -2.11. The molecule has 1 aromatic heterocycles. The Balaban J connectivity index is 2.02. The van der Waals surface area contributed by atoms with Crippen molar-refractivity contribution >= 4 is 17.5 Å². The topological polar surface area (TPSA) is 96.0 Å². The monoisotopic (exact) mass is 291 g/mol. The molecule has 0 radical (unpaired) electrons. The van der Waals surface area contributed by atoms with E-state index in [1.54, 1.807) is 13.2 Å². The predicted molar refractivity (Wildman–Crippen MR) is 79.2 cm³/mol. The van der Waals surface area contributed by atoms with E-state index >= 15 is 0 Å². The maximum absolute atomic E-state index is 12.2. The number of amides is 2. The van der Waals surface area contributed by atoms with Gasteiger partial charge >= 0.3 is 0 Å². The Morgan fingerprint density at radius 2 is 2.10 bits per heavy atom. The average molecular weight is 291 g/mol. The Morgan fingerprint density at radius 3 is 2.67 bits per heavy atom. The summed E-state index contributed by atoms with van der Waals surface area (Å²) in [6.07, 6.45) is 3.63. The van der Waals surface area contributed by atoms with Gasteiger partial charge in [-0.3, -0.25) is 9.59 Å². The van der Waals surface area contributed by atoms with E-state index in [1.165, 1.54) is 0 Å². The SMILES string of the molecule is CNc1cnc(C(C)C)nc1C(=O)NCC(=O)NC1CC1. The van der Waals surface area contributed by atoms with E-state index in [0.29, 0.717) is 11.5 Å². The summed E-state index contributed by atoms with van der Waals surface area (Å²) in [5, 5.41) is 8.29. The molecule has 1 saturated carbocycles. The van der Waals surface area contributed by atoms with Crippen LogP contribution >= 0.6 is 0 Å². The highest BCUT2D eigenvalue weighted by molar-refractivity contribution is 5.99. The first-order chi connectivity index (χ1) is 10.0. The lowest BCUT2D eigenvalue weighted by molar-refractivity contribution is -0.120. The van der Waals surface area contributed by atoms with Crippen LogP contribution in [0.5, 0.6) is 0 Å². The van der Waals surface area contributed by atoms with Crippen LogP contribution in [0.4, 0.5) is 5.69 Å². The highest BCUT2D eigenvalue weighted by Gasteiger charge is 2.23. The minimum atomic E-state index is -0.380. The first-order valence-electron chi connectivity index (χ1n) is 7.13. The maximum atomic E-state index is 12.2. The number of nitrogens with zero attached hydrogens (tertiary/aromatic N) is 2. The number of nitrogens with one attached hydrogen (secondary N) is 3. The van der Waals surface area contributed by atoms with Gasteiger partial charge in [-0.2, -0.15) is 0 Å². The number of hydrogen-bond donors (Lipinski definition) is 3. The summed E-state index contributed by atoms with van der Waals surface area (Å²) in [5.41, 5.74) is 0.801. The second-order valence-corrected chi connectivity index (χ2v) is 5.42. The zero-order chi connectivity index (χ0) is 15.4. The lowest BCUT2D eigenvalue weighted by Crippen LogP contribution is -2.38. The minimum Gasteiger partial charge on any atom is -0.385 e. The van der Waals surface area contributed by atoms with Crippen LogP contribution in [0, 0.1) is 0 Å². The zero-order valence-corrected chi connectivity index (χ0v) is 12.6. The van der Waals surface area contributed by atoms with Gasteiger partial charge in [-0.1, -0.05) is 13.8 Å². The number of carbonyl (C=O) groups excluding carboxylic acids is 2. The Bertz CT molecular complexity index is 540. The fourth-order valence-corrected chi connectivity index (χ4v) is 1.78. The van der Waals surface area contributed by atoms with E-state index in [4.69, 9.17) is 0 Å². The van der Waals surface area contributed by atoms with Crippen molar-refractivity contribution in [2.24, 2.45) is 0 Å². The second-order valence-electron chi connectivity index (χ2n) is 5.42.